The van der Waals surface area contributed by atoms with Crippen LogP contribution in [0.25, 0.3) is 0 Å². The van der Waals surface area contributed by atoms with Crippen LogP contribution in [0.2, 0.25) is 0 Å². The van der Waals surface area contributed by atoms with Crippen molar-refractivity contribution in [3.8, 4) is 0 Å². The second kappa shape index (κ2) is 6.03. The fourth-order valence-corrected chi connectivity index (χ4v) is 2.78. The number of nitrogens with one attached hydrogen (secondary N) is 1. The molecule has 1 aliphatic carbocycles. The zero-order chi connectivity index (χ0) is 14.7. The van der Waals surface area contributed by atoms with E-state index < -0.39 is 0 Å². The molecular weight excluding hydrogens is 266 g/mol. The molecule has 21 heavy (non-hydrogen) atoms. The topological polar surface area (TPSA) is 72.7 Å². The minimum atomic E-state index is 0.0641. The molecule has 0 saturated heterocycles. The van der Waals surface area contributed by atoms with Crippen molar-refractivity contribution in [1.82, 2.24) is 25.5 Å². The first kappa shape index (κ1) is 13.7. The van der Waals surface area contributed by atoms with Crippen molar-refractivity contribution in [2.45, 2.75) is 45.2 Å². The first-order valence-corrected chi connectivity index (χ1v) is 7.31. The van der Waals surface area contributed by atoms with Crippen LogP contribution in [-0.2, 0) is 24.2 Å². The second-order valence-electron chi connectivity index (χ2n) is 5.48. The zero-order valence-electron chi connectivity index (χ0n) is 12.1. The van der Waals surface area contributed by atoms with Gasteiger partial charge >= 0.3 is 0 Å². The van der Waals surface area contributed by atoms with Gasteiger partial charge in [-0.1, -0.05) is 24.3 Å². The Morgan fingerprint density at radius 1 is 1.38 bits per heavy atom. The van der Waals surface area contributed by atoms with Crippen molar-refractivity contribution >= 4 is 5.91 Å². The van der Waals surface area contributed by atoms with Gasteiger partial charge in [-0.15, -0.1) is 5.10 Å². The van der Waals surface area contributed by atoms with Crippen molar-refractivity contribution in [3.63, 3.8) is 0 Å². The first-order chi connectivity index (χ1) is 10.2. The lowest BCUT2D eigenvalue weighted by Gasteiger charge is -2.25. The molecule has 110 valence electrons. The van der Waals surface area contributed by atoms with E-state index in [1.807, 2.05) is 6.92 Å². The SMILES string of the molecule is Cc1nnnn1CCC(=O)N[C@@H]1CCc2ccccc2C1. The van der Waals surface area contributed by atoms with Gasteiger partial charge in [0, 0.05) is 12.5 Å². The molecule has 0 spiro atoms. The van der Waals surface area contributed by atoms with Gasteiger partial charge < -0.3 is 5.32 Å². The highest BCUT2D eigenvalue weighted by Gasteiger charge is 2.19. The molecule has 2 aromatic rings. The lowest BCUT2D eigenvalue weighted by Crippen LogP contribution is -2.39. The summed E-state index contributed by atoms with van der Waals surface area (Å²) in [5.41, 5.74) is 2.76. The summed E-state index contributed by atoms with van der Waals surface area (Å²) in [4.78, 5) is 12.0. The van der Waals surface area contributed by atoms with Crippen LogP contribution in [0.4, 0.5) is 0 Å². The van der Waals surface area contributed by atoms with Crippen LogP contribution in [-0.4, -0.2) is 32.2 Å². The van der Waals surface area contributed by atoms with Crippen molar-refractivity contribution in [2.75, 3.05) is 0 Å². The minimum Gasteiger partial charge on any atom is -0.353 e. The van der Waals surface area contributed by atoms with E-state index in [0.29, 0.717) is 13.0 Å². The number of fused-ring (bicyclic) bond motifs is 1. The van der Waals surface area contributed by atoms with E-state index in [2.05, 4.69) is 45.1 Å². The normalized spacial score (nSPS) is 17.3. The lowest BCUT2D eigenvalue weighted by molar-refractivity contribution is -0.122. The van der Waals surface area contributed by atoms with Crippen molar-refractivity contribution in [1.29, 1.82) is 0 Å². The van der Waals surface area contributed by atoms with Crippen LogP contribution in [0.5, 0.6) is 0 Å². The maximum absolute atomic E-state index is 12.0. The van der Waals surface area contributed by atoms with Gasteiger partial charge in [-0.2, -0.15) is 0 Å². The second-order valence-corrected chi connectivity index (χ2v) is 5.48. The van der Waals surface area contributed by atoms with Crippen LogP contribution in [0.3, 0.4) is 0 Å². The van der Waals surface area contributed by atoms with Crippen LogP contribution in [0.15, 0.2) is 24.3 Å². The van der Waals surface area contributed by atoms with Crippen LogP contribution >= 0.6 is 0 Å². The molecule has 0 aliphatic heterocycles. The summed E-state index contributed by atoms with van der Waals surface area (Å²) in [6.45, 7) is 2.35. The number of carbonyl (C=O) groups excluding carboxylic acids is 1. The molecule has 1 atom stereocenters. The number of tetrazole rings is 1. The minimum absolute atomic E-state index is 0.0641. The molecule has 1 aliphatic rings. The number of hydrogen-bond donors (Lipinski definition) is 1. The van der Waals surface area contributed by atoms with Gasteiger partial charge in [-0.25, -0.2) is 4.68 Å². The van der Waals surface area contributed by atoms with Gasteiger partial charge in [0.2, 0.25) is 5.91 Å². The standard InChI is InChI=1S/C15H19N5O/c1-11-17-18-19-20(11)9-8-15(21)16-14-7-6-12-4-2-3-5-13(12)10-14/h2-5,14H,6-10H2,1H3,(H,16,21)/t14-/m1/s1. The van der Waals surface area contributed by atoms with Crippen molar-refractivity contribution < 1.29 is 4.79 Å². The van der Waals surface area contributed by atoms with E-state index in [-0.39, 0.29) is 11.9 Å². The molecule has 1 aromatic heterocycles. The number of rotatable bonds is 4. The molecule has 3 rings (SSSR count). The Kier molecular flexibility index (Phi) is 3.94. The molecular formula is C15H19N5O. The smallest absolute Gasteiger partial charge is 0.222 e. The summed E-state index contributed by atoms with van der Waals surface area (Å²) in [7, 11) is 0. The maximum Gasteiger partial charge on any atom is 0.222 e. The number of nitrogens with zero attached hydrogens (tertiary/aromatic N) is 4. The lowest BCUT2D eigenvalue weighted by atomic mass is 9.88. The summed E-state index contributed by atoms with van der Waals surface area (Å²) >= 11 is 0. The van der Waals surface area contributed by atoms with E-state index in [1.54, 1.807) is 4.68 Å². The Hall–Kier alpha value is -2.24. The van der Waals surface area contributed by atoms with Gasteiger partial charge in [0.15, 0.2) is 0 Å². The molecule has 6 nitrogen and oxygen atoms in total. The number of aryl methyl sites for hydroxylation is 3. The monoisotopic (exact) mass is 285 g/mol. The quantitative estimate of drug-likeness (QED) is 0.911. The van der Waals surface area contributed by atoms with E-state index in [1.165, 1.54) is 11.1 Å². The van der Waals surface area contributed by atoms with Crippen molar-refractivity contribution in [2.24, 2.45) is 0 Å². The van der Waals surface area contributed by atoms with Gasteiger partial charge in [-0.05, 0) is 47.7 Å². The largest absolute Gasteiger partial charge is 0.353 e. The third kappa shape index (κ3) is 3.26. The maximum atomic E-state index is 12.0. The fraction of sp³-hybridized carbons (Fsp3) is 0.467. The number of carbonyl (C=O) groups is 1. The molecule has 1 aromatic carbocycles. The molecule has 0 fully saturated rings. The average Bonchev–Trinajstić information content (AvgIpc) is 2.90. The van der Waals surface area contributed by atoms with Gasteiger partial charge in [0.25, 0.3) is 0 Å². The van der Waals surface area contributed by atoms with Crippen LogP contribution < -0.4 is 5.32 Å². The van der Waals surface area contributed by atoms with E-state index in [9.17, 15) is 4.79 Å². The first-order valence-electron chi connectivity index (χ1n) is 7.31. The molecule has 0 radical (unpaired) electrons. The van der Waals surface area contributed by atoms with Crippen LogP contribution in [0.1, 0.15) is 29.8 Å². The molecule has 0 unspecified atom stereocenters. The summed E-state index contributed by atoms with van der Waals surface area (Å²) in [6.07, 6.45) is 3.37. The van der Waals surface area contributed by atoms with E-state index in [0.717, 1.165) is 25.1 Å². The summed E-state index contributed by atoms with van der Waals surface area (Å²) < 4.78 is 1.65. The molecule has 1 N–H and O–H groups in total. The Balaban J connectivity index is 1.51. The summed E-state index contributed by atoms with van der Waals surface area (Å²) in [6, 6.07) is 8.70. The highest BCUT2D eigenvalue weighted by molar-refractivity contribution is 5.76. The Morgan fingerprint density at radius 3 is 2.95 bits per heavy atom. The molecule has 1 heterocycles. The summed E-state index contributed by atoms with van der Waals surface area (Å²) in [5, 5.41) is 14.3. The molecule has 0 bridgehead atoms. The number of benzene rings is 1. The third-order valence-electron chi connectivity index (χ3n) is 3.97. The average molecular weight is 285 g/mol. The van der Waals surface area contributed by atoms with Gasteiger partial charge in [0.1, 0.15) is 5.82 Å². The third-order valence-corrected chi connectivity index (χ3v) is 3.97. The molecule has 1 amide bonds. The predicted molar refractivity (Wildman–Crippen MR) is 77.6 cm³/mol. The van der Waals surface area contributed by atoms with Gasteiger partial charge in [-0.3, -0.25) is 4.79 Å². The highest BCUT2D eigenvalue weighted by Crippen LogP contribution is 2.21. The van der Waals surface area contributed by atoms with Crippen molar-refractivity contribution in [3.05, 3.63) is 41.2 Å². The molecule has 6 heteroatoms. The summed E-state index contributed by atoms with van der Waals surface area (Å²) in [5.74, 6) is 0.795. The van der Waals surface area contributed by atoms with Gasteiger partial charge in [0.05, 0.1) is 6.54 Å². The predicted octanol–water partition coefficient (Wildman–Crippen LogP) is 1.05. The number of amides is 1. The molecule has 0 saturated carbocycles. The van der Waals surface area contributed by atoms with E-state index in [4.69, 9.17) is 0 Å². The fourth-order valence-electron chi connectivity index (χ4n) is 2.78. The Labute approximate surface area is 123 Å². The number of hydrogen-bond acceptors (Lipinski definition) is 4. The Morgan fingerprint density at radius 2 is 2.19 bits per heavy atom. The highest BCUT2D eigenvalue weighted by atomic mass is 16.1. The van der Waals surface area contributed by atoms with Crippen LogP contribution in [0, 0.1) is 6.92 Å². The Bertz CT molecular complexity index is 636. The zero-order valence-corrected chi connectivity index (χ0v) is 12.1. The number of aromatic nitrogens is 4. The van der Waals surface area contributed by atoms with E-state index >= 15 is 0 Å².